The zero-order valence-electron chi connectivity index (χ0n) is 12.3. The average molecular weight is 281 g/mol. The van der Waals surface area contributed by atoms with Crippen molar-refractivity contribution in [2.75, 3.05) is 20.3 Å². The van der Waals surface area contributed by atoms with Gasteiger partial charge in [-0.15, -0.1) is 0 Å². The van der Waals surface area contributed by atoms with Crippen LogP contribution in [-0.2, 0) is 11.2 Å². The van der Waals surface area contributed by atoms with Gasteiger partial charge in [-0.3, -0.25) is 4.79 Å². The minimum absolute atomic E-state index is 0.0317. The van der Waals surface area contributed by atoms with E-state index in [1.807, 2.05) is 25.1 Å². The molecule has 20 heavy (non-hydrogen) atoms. The van der Waals surface area contributed by atoms with Crippen molar-refractivity contribution in [2.24, 2.45) is 0 Å². The molecule has 0 heterocycles. The van der Waals surface area contributed by atoms with Crippen LogP contribution in [0.4, 0.5) is 0 Å². The van der Waals surface area contributed by atoms with Crippen LogP contribution in [0.15, 0.2) is 18.2 Å². The fourth-order valence-electron chi connectivity index (χ4n) is 1.86. The maximum Gasteiger partial charge on any atom is 0.317 e. The molecule has 0 saturated heterocycles. The largest absolute Gasteiger partial charge is 0.493 e. The van der Waals surface area contributed by atoms with Gasteiger partial charge in [-0.25, -0.2) is 0 Å². The fraction of sp³-hybridized carbons (Fsp3) is 0.533. The van der Waals surface area contributed by atoms with Crippen molar-refractivity contribution < 1.29 is 19.4 Å². The Kier molecular flexibility index (Phi) is 6.87. The lowest BCUT2D eigenvalue weighted by Crippen LogP contribution is -2.32. The molecule has 1 aromatic carbocycles. The van der Waals surface area contributed by atoms with E-state index in [4.69, 9.17) is 14.6 Å². The number of ether oxygens (including phenoxy) is 2. The number of carboxylic acid groups (broad SMARTS) is 1. The molecule has 0 aliphatic heterocycles. The number of hydrogen-bond acceptors (Lipinski definition) is 4. The number of benzene rings is 1. The van der Waals surface area contributed by atoms with Crippen LogP contribution >= 0.6 is 0 Å². The summed E-state index contributed by atoms with van der Waals surface area (Å²) in [7, 11) is 1.62. The minimum atomic E-state index is -0.849. The van der Waals surface area contributed by atoms with Crippen LogP contribution in [0, 0.1) is 0 Å². The molecule has 1 unspecified atom stereocenters. The van der Waals surface area contributed by atoms with Gasteiger partial charge in [0.2, 0.25) is 0 Å². The van der Waals surface area contributed by atoms with Crippen molar-refractivity contribution >= 4 is 5.97 Å². The molecule has 0 amide bonds. The van der Waals surface area contributed by atoms with E-state index < -0.39 is 5.97 Å². The smallest absolute Gasteiger partial charge is 0.317 e. The Labute approximate surface area is 119 Å². The molecule has 5 nitrogen and oxygen atoms in total. The van der Waals surface area contributed by atoms with Crippen LogP contribution in [0.3, 0.4) is 0 Å². The highest BCUT2D eigenvalue weighted by Gasteiger charge is 2.09. The molecule has 0 aliphatic rings. The van der Waals surface area contributed by atoms with Crippen molar-refractivity contribution in [2.45, 2.75) is 32.7 Å². The summed E-state index contributed by atoms with van der Waals surface area (Å²) in [6.45, 7) is 4.63. The lowest BCUT2D eigenvalue weighted by molar-refractivity contribution is -0.136. The normalized spacial score (nSPS) is 11.9. The predicted octanol–water partition coefficient (Wildman–Crippen LogP) is 2.09. The van der Waals surface area contributed by atoms with Gasteiger partial charge >= 0.3 is 5.97 Å². The summed E-state index contributed by atoms with van der Waals surface area (Å²) in [5.41, 5.74) is 1.08. The van der Waals surface area contributed by atoms with Gasteiger partial charge < -0.3 is 19.9 Å². The molecule has 1 atom stereocenters. The standard InChI is InChI=1S/C15H23NO4/c1-4-7-20-13-6-5-12(9-14(13)19-3)8-11(2)16-10-15(17)18/h5-6,9,11,16H,4,7-8,10H2,1-3H3,(H,17,18). The SMILES string of the molecule is CCCOc1ccc(CC(C)NCC(=O)O)cc1OC. The van der Waals surface area contributed by atoms with E-state index in [9.17, 15) is 4.79 Å². The Hall–Kier alpha value is -1.75. The Balaban J connectivity index is 2.64. The van der Waals surface area contributed by atoms with Gasteiger partial charge in [0.05, 0.1) is 20.3 Å². The summed E-state index contributed by atoms with van der Waals surface area (Å²) >= 11 is 0. The summed E-state index contributed by atoms with van der Waals surface area (Å²) in [6.07, 6.45) is 1.68. The van der Waals surface area contributed by atoms with Crippen LogP contribution in [0.5, 0.6) is 11.5 Å². The van der Waals surface area contributed by atoms with Gasteiger partial charge in [-0.2, -0.15) is 0 Å². The Morgan fingerprint density at radius 3 is 2.75 bits per heavy atom. The van der Waals surface area contributed by atoms with E-state index >= 15 is 0 Å². The summed E-state index contributed by atoms with van der Waals surface area (Å²) < 4.78 is 10.9. The maximum absolute atomic E-state index is 10.5. The van der Waals surface area contributed by atoms with Crippen molar-refractivity contribution in [1.29, 1.82) is 0 Å². The average Bonchev–Trinajstić information content (AvgIpc) is 2.43. The van der Waals surface area contributed by atoms with E-state index in [2.05, 4.69) is 12.2 Å². The zero-order chi connectivity index (χ0) is 15.0. The molecule has 1 rings (SSSR count). The number of methoxy groups -OCH3 is 1. The molecule has 0 saturated carbocycles. The highest BCUT2D eigenvalue weighted by Crippen LogP contribution is 2.28. The van der Waals surface area contributed by atoms with E-state index in [-0.39, 0.29) is 12.6 Å². The summed E-state index contributed by atoms with van der Waals surface area (Å²) in [4.78, 5) is 10.5. The lowest BCUT2D eigenvalue weighted by Gasteiger charge is -2.15. The number of carboxylic acids is 1. The first-order chi connectivity index (χ1) is 9.56. The number of nitrogens with one attached hydrogen (secondary N) is 1. The van der Waals surface area contributed by atoms with Gasteiger partial charge in [0.25, 0.3) is 0 Å². The third kappa shape index (κ3) is 5.48. The molecule has 0 spiro atoms. The molecular weight excluding hydrogens is 258 g/mol. The molecular formula is C15H23NO4. The molecule has 2 N–H and O–H groups in total. The van der Waals surface area contributed by atoms with Gasteiger partial charge in [-0.05, 0) is 37.5 Å². The number of hydrogen-bond donors (Lipinski definition) is 2. The quantitative estimate of drug-likeness (QED) is 0.725. The number of aliphatic carboxylic acids is 1. The second kappa shape index (κ2) is 8.43. The van der Waals surface area contributed by atoms with Crippen LogP contribution in [0.1, 0.15) is 25.8 Å². The van der Waals surface area contributed by atoms with E-state index in [1.54, 1.807) is 7.11 Å². The van der Waals surface area contributed by atoms with Gasteiger partial charge in [0.15, 0.2) is 11.5 Å². The maximum atomic E-state index is 10.5. The first kappa shape index (κ1) is 16.3. The fourth-order valence-corrected chi connectivity index (χ4v) is 1.86. The first-order valence-electron chi connectivity index (χ1n) is 6.81. The second-order valence-corrected chi connectivity index (χ2v) is 4.71. The molecule has 1 aromatic rings. The minimum Gasteiger partial charge on any atom is -0.493 e. The van der Waals surface area contributed by atoms with Crippen molar-refractivity contribution in [3.63, 3.8) is 0 Å². The summed E-state index contributed by atoms with van der Waals surface area (Å²) in [5.74, 6) is 0.600. The molecule has 0 bridgehead atoms. The van der Waals surface area contributed by atoms with E-state index in [0.29, 0.717) is 12.4 Å². The van der Waals surface area contributed by atoms with Crippen LogP contribution < -0.4 is 14.8 Å². The van der Waals surface area contributed by atoms with E-state index in [0.717, 1.165) is 24.2 Å². The number of rotatable bonds is 9. The zero-order valence-corrected chi connectivity index (χ0v) is 12.3. The molecule has 0 aliphatic carbocycles. The first-order valence-corrected chi connectivity index (χ1v) is 6.81. The molecule has 5 heteroatoms. The monoisotopic (exact) mass is 281 g/mol. The second-order valence-electron chi connectivity index (χ2n) is 4.71. The van der Waals surface area contributed by atoms with Crippen LogP contribution in [-0.4, -0.2) is 37.4 Å². The Bertz CT molecular complexity index is 434. The Morgan fingerprint density at radius 1 is 1.40 bits per heavy atom. The molecule has 112 valence electrons. The third-order valence-corrected chi connectivity index (χ3v) is 2.83. The van der Waals surface area contributed by atoms with Crippen LogP contribution in [0.2, 0.25) is 0 Å². The van der Waals surface area contributed by atoms with E-state index in [1.165, 1.54) is 0 Å². The molecule has 0 fully saturated rings. The number of carbonyl (C=O) groups is 1. The van der Waals surface area contributed by atoms with Crippen molar-refractivity contribution in [3.05, 3.63) is 23.8 Å². The lowest BCUT2D eigenvalue weighted by atomic mass is 10.1. The molecule has 0 radical (unpaired) electrons. The summed E-state index contributed by atoms with van der Waals surface area (Å²) in [5, 5.41) is 11.6. The van der Waals surface area contributed by atoms with Crippen molar-refractivity contribution in [1.82, 2.24) is 5.32 Å². The van der Waals surface area contributed by atoms with Gasteiger partial charge in [0.1, 0.15) is 0 Å². The highest BCUT2D eigenvalue weighted by molar-refractivity contribution is 5.69. The topological polar surface area (TPSA) is 67.8 Å². The van der Waals surface area contributed by atoms with Crippen LogP contribution in [0.25, 0.3) is 0 Å². The van der Waals surface area contributed by atoms with Gasteiger partial charge in [-0.1, -0.05) is 13.0 Å². The Morgan fingerprint density at radius 2 is 2.15 bits per heavy atom. The highest BCUT2D eigenvalue weighted by atomic mass is 16.5. The molecule has 0 aromatic heterocycles. The third-order valence-electron chi connectivity index (χ3n) is 2.83. The van der Waals surface area contributed by atoms with Gasteiger partial charge in [0, 0.05) is 6.04 Å². The summed E-state index contributed by atoms with van der Waals surface area (Å²) in [6, 6.07) is 5.89. The predicted molar refractivity (Wildman–Crippen MR) is 77.6 cm³/mol. The van der Waals surface area contributed by atoms with Crippen molar-refractivity contribution in [3.8, 4) is 11.5 Å².